The number of hydrogen-bond acceptors (Lipinski definition) is 2. The van der Waals surface area contributed by atoms with Crippen molar-refractivity contribution in [1.82, 2.24) is 0 Å². The zero-order valence-corrected chi connectivity index (χ0v) is 11.5. The first-order valence-electron chi connectivity index (χ1n) is 6.32. The number of carbonyl (C=O) groups is 1. The monoisotopic (exact) mass is 272 g/mol. The third-order valence-electron chi connectivity index (χ3n) is 3.34. The summed E-state index contributed by atoms with van der Waals surface area (Å²) < 4.78 is 13.2. The van der Waals surface area contributed by atoms with E-state index in [1.807, 2.05) is 31.2 Å². The second-order valence-electron chi connectivity index (χ2n) is 4.99. The third-order valence-corrected chi connectivity index (χ3v) is 3.34. The highest BCUT2D eigenvalue weighted by Crippen LogP contribution is 2.26. The molecule has 0 saturated carbocycles. The van der Waals surface area contributed by atoms with E-state index in [-0.39, 0.29) is 5.82 Å². The van der Waals surface area contributed by atoms with Gasteiger partial charge in [-0.3, -0.25) is 4.79 Å². The number of nitrogens with two attached hydrogens (primary N) is 1. The van der Waals surface area contributed by atoms with Crippen molar-refractivity contribution in [3.8, 4) is 0 Å². The number of anilines is 1. The van der Waals surface area contributed by atoms with Crippen LogP contribution in [0.1, 0.15) is 18.1 Å². The second-order valence-corrected chi connectivity index (χ2v) is 4.99. The van der Waals surface area contributed by atoms with Gasteiger partial charge in [0.1, 0.15) is 11.4 Å². The summed E-state index contributed by atoms with van der Waals surface area (Å²) in [5.74, 6) is -0.892. The van der Waals surface area contributed by atoms with E-state index in [0.29, 0.717) is 5.69 Å². The second kappa shape index (κ2) is 5.33. The molecule has 3 N–H and O–H groups in total. The molecule has 0 aliphatic heterocycles. The lowest BCUT2D eigenvalue weighted by molar-refractivity contribution is -0.122. The van der Waals surface area contributed by atoms with Gasteiger partial charge in [0, 0.05) is 5.69 Å². The fraction of sp³-hybridized carbons (Fsp3) is 0.188. The van der Waals surface area contributed by atoms with E-state index in [9.17, 15) is 9.18 Å². The van der Waals surface area contributed by atoms with Crippen LogP contribution < -0.4 is 11.1 Å². The molecule has 0 bridgehead atoms. The normalized spacial score (nSPS) is 13.6. The van der Waals surface area contributed by atoms with Crippen LogP contribution in [-0.2, 0) is 10.3 Å². The number of aryl methyl sites for hydroxylation is 1. The first kappa shape index (κ1) is 14.1. The summed E-state index contributed by atoms with van der Waals surface area (Å²) in [6.45, 7) is 3.65. The van der Waals surface area contributed by atoms with Gasteiger partial charge in [0.15, 0.2) is 0 Å². The van der Waals surface area contributed by atoms with Gasteiger partial charge in [-0.05, 0) is 37.6 Å². The van der Waals surface area contributed by atoms with Gasteiger partial charge in [0.2, 0.25) is 5.91 Å². The number of halogens is 1. The van der Waals surface area contributed by atoms with Crippen molar-refractivity contribution >= 4 is 11.6 Å². The molecule has 1 atom stereocenters. The Labute approximate surface area is 117 Å². The van der Waals surface area contributed by atoms with Gasteiger partial charge >= 0.3 is 0 Å². The summed E-state index contributed by atoms with van der Waals surface area (Å²) in [5, 5.41) is 3.02. The first-order valence-corrected chi connectivity index (χ1v) is 6.32. The van der Waals surface area contributed by atoms with Gasteiger partial charge in [-0.15, -0.1) is 0 Å². The summed E-state index contributed by atoms with van der Waals surface area (Å²) in [4.78, 5) is 11.9. The van der Waals surface area contributed by atoms with Crippen LogP contribution in [0.5, 0.6) is 0 Å². The topological polar surface area (TPSA) is 55.1 Å². The van der Waals surface area contributed by atoms with Gasteiger partial charge in [0.05, 0.1) is 0 Å². The van der Waals surface area contributed by atoms with E-state index >= 15 is 0 Å². The fourth-order valence-corrected chi connectivity index (χ4v) is 2.02. The zero-order chi connectivity index (χ0) is 14.8. The van der Waals surface area contributed by atoms with Gasteiger partial charge in [-0.2, -0.15) is 0 Å². The number of nitrogens with one attached hydrogen (secondary N) is 1. The molecule has 20 heavy (non-hydrogen) atoms. The highest BCUT2D eigenvalue weighted by molar-refractivity contribution is 5.89. The summed E-state index contributed by atoms with van der Waals surface area (Å²) in [6, 6.07) is 13.4. The lowest BCUT2D eigenvalue weighted by Gasteiger charge is -2.29. The summed E-state index contributed by atoms with van der Waals surface area (Å²) in [7, 11) is 0. The number of hydrogen-bond donors (Lipinski definition) is 2. The van der Waals surface area contributed by atoms with Gasteiger partial charge in [-0.25, -0.2) is 4.39 Å². The van der Waals surface area contributed by atoms with E-state index in [1.54, 1.807) is 19.1 Å². The van der Waals surface area contributed by atoms with E-state index in [0.717, 1.165) is 11.1 Å². The van der Waals surface area contributed by atoms with Crippen LogP contribution in [0.4, 0.5) is 10.1 Å². The van der Waals surface area contributed by atoms with Crippen molar-refractivity contribution in [1.29, 1.82) is 0 Å². The molecule has 0 aromatic heterocycles. The number of benzene rings is 2. The van der Waals surface area contributed by atoms with Crippen LogP contribution in [0.2, 0.25) is 0 Å². The Balaban J connectivity index is 2.39. The maximum atomic E-state index is 13.2. The minimum Gasteiger partial charge on any atom is -0.368 e. The lowest BCUT2D eigenvalue weighted by atomic mass is 9.90. The maximum absolute atomic E-state index is 13.2. The Morgan fingerprint density at radius 3 is 2.40 bits per heavy atom. The largest absolute Gasteiger partial charge is 0.368 e. The molecule has 0 saturated heterocycles. The standard InChI is InChI=1S/C16H17FN2O/c1-11-6-8-12(9-7-11)16(2,15(18)20)19-14-5-3-4-13(17)10-14/h3-10,19H,1-2H3,(H2,18,20). The number of rotatable bonds is 4. The van der Waals surface area contributed by atoms with Gasteiger partial charge in [0.25, 0.3) is 0 Å². The van der Waals surface area contributed by atoms with Crippen LogP contribution >= 0.6 is 0 Å². The average molecular weight is 272 g/mol. The van der Waals surface area contributed by atoms with Crippen molar-refractivity contribution in [3.05, 3.63) is 65.5 Å². The SMILES string of the molecule is Cc1ccc(C(C)(Nc2cccc(F)c2)C(N)=O)cc1. The van der Waals surface area contributed by atoms with E-state index in [2.05, 4.69) is 5.32 Å². The Morgan fingerprint density at radius 2 is 1.85 bits per heavy atom. The molecule has 2 aromatic rings. The van der Waals surface area contributed by atoms with Crippen molar-refractivity contribution in [3.63, 3.8) is 0 Å². The van der Waals surface area contributed by atoms with Crippen molar-refractivity contribution < 1.29 is 9.18 Å². The molecule has 2 aromatic carbocycles. The molecule has 2 rings (SSSR count). The molecule has 104 valence electrons. The Kier molecular flexibility index (Phi) is 3.74. The van der Waals surface area contributed by atoms with Crippen molar-refractivity contribution in [2.24, 2.45) is 5.73 Å². The van der Waals surface area contributed by atoms with Crippen LogP contribution in [0.25, 0.3) is 0 Å². The van der Waals surface area contributed by atoms with Gasteiger partial charge in [-0.1, -0.05) is 35.9 Å². The van der Waals surface area contributed by atoms with Crippen molar-refractivity contribution in [2.45, 2.75) is 19.4 Å². The molecule has 1 unspecified atom stereocenters. The quantitative estimate of drug-likeness (QED) is 0.899. The molecule has 1 amide bonds. The minimum atomic E-state index is -1.10. The Hall–Kier alpha value is -2.36. The van der Waals surface area contributed by atoms with Crippen LogP contribution in [0.3, 0.4) is 0 Å². The molecule has 0 heterocycles. The molecule has 0 fully saturated rings. The Morgan fingerprint density at radius 1 is 1.20 bits per heavy atom. The predicted molar refractivity (Wildman–Crippen MR) is 77.7 cm³/mol. The van der Waals surface area contributed by atoms with E-state index in [4.69, 9.17) is 5.73 Å². The Bertz CT molecular complexity index is 625. The van der Waals surface area contributed by atoms with Crippen LogP contribution in [-0.4, -0.2) is 5.91 Å². The summed E-state index contributed by atoms with van der Waals surface area (Å²) in [5.41, 5.74) is 6.77. The molecular weight excluding hydrogens is 255 g/mol. The van der Waals surface area contributed by atoms with Crippen molar-refractivity contribution in [2.75, 3.05) is 5.32 Å². The van der Waals surface area contributed by atoms with E-state index < -0.39 is 11.4 Å². The van der Waals surface area contributed by atoms with Crippen LogP contribution in [0, 0.1) is 12.7 Å². The highest BCUT2D eigenvalue weighted by Gasteiger charge is 2.33. The maximum Gasteiger partial charge on any atom is 0.247 e. The molecule has 0 aliphatic carbocycles. The third kappa shape index (κ3) is 2.79. The summed E-state index contributed by atoms with van der Waals surface area (Å²) in [6.07, 6.45) is 0. The number of primary amides is 1. The number of carbonyl (C=O) groups excluding carboxylic acids is 1. The predicted octanol–water partition coefficient (Wildman–Crippen LogP) is 2.95. The molecule has 3 nitrogen and oxygen atoms in total. The fourth-order valence-electron chi connectivity index (χ4n) is 2.02. The first-order chi connectivity index (χ1) is 9.41. The van der Waals surface area contributed by atoms with Gasteiger partial charge < -0.3 is 11.1 Å². The lowest BCUT2D eigenvalue weighted by Crippen LogP contribution is -2.45. The minimum absolute atomic E-state index is 0.370. The highest BCUT2D eigenvalue weighted by atomic mass is 19.1. The number of amides is 1. The smallest absolute Gasteiger partial charge is 0.247 e. The molecule has 4 heteroatoms. The molecular formula is C16H17FN2O. The van der Waals surface area contributed by atoms with Crippen LogP contribution in [0.15, 0.2) is 48.5 Å². The average Bonchev–Trinajstić information content (AvgIpc) is 2.39. The zero-order valence-electron chi connectivity index (χ0n) is 11.5. The molecule has 0 aliphatic rings. The molecule has 0 radical (unpaired) electrons. The van der Waals surface area contributed by atoms with E-state index in [1.165, 1.54) is 12.1 Å². The summed E-state index contributed by atoms with van der Waals surface area (Å²) >= 11 is 0. The molecule has 0 spiro atoms.